The van der Waals surface area contributed by atoms with Crippen molar-refractivity contribution in [3.05, 3.63) is 41.7 Å². The SMILES string of the molecule is CC(C)Oc1nc(Oc2ccc(C#N)cc2F)ccc1N. The number of nitrogen functional groups attached to an aromatic ring is 1. The Morgan fingerprint density at radius 3 is 2.67 bits per heavy atom. The van der Waals surface area contributed by atoms with Crippen molar-refractivity contribution in [3.8, 4) is 23.6 Å². The number of benzene rings is 1. The van der Waals surface area contributed by atoms with Gasteiger partial charge in [-0.3, -0.25) is 0 Å². The van der Waals surface area contributed by atoms with Crippen molar-refractivity contribution in [3.63, 3.8) is 0 Å². The van der Waals surface area contributed by atoms with Crippen molar-refractivity contribution in [2.45, 2.75) is 20.0 Å². The van der Waals surface area contributed by atoms with Crippen molar-refractivity contribution in [1.82, 2.24) is 4.98 Å². The molecular weight excluding hydrogens is 273 g/mol. The molecule has 0 aliphatic carbocycles. The summed E-state index contributed by atoms with van der Waals surface area (Å²) in [7, 11) is 0. The Kier molecular flexibility index (Phi) is 4.24. The van der Waals surface area contributed by atoms with Gasteiger partial charge in [0.15, 0.2) is 11.6 Å². The van der Waals surface area contributed by atoms with E-state index in [1.807, 2.05) is 19.9 Å². The van der Waals surface area contributed by atoms with Crippen molar-refractivity contribution in [2.24, 2.45) is 0 Å². The van der Waals surface area contributed by atoms with Crippen molar-refractivity contribution in [2.75, 3.05) is 5.73 Å². The number of ether oxygens (including phenoxy) is 2. The molecule has 2 rings (SSSR count). The number of aromatic nitrogens is 1. The number of hydrogen-bond acceptors (Lipinski definition) is 5. The third-order valence-corrected chi connectivity index (χ3v) is 2.49. The fourth-order valence-corrected chi connectivity index (χ4v) is 1.57. The molecular formula is C15H14FN3O2. The van der Waals surface area contributed by atoms with Gasteiger partial charge in [-0.05, 0) is 38.1 Å². The van der Waals surface area contributed by atoms with Crippen LogP contribution >= 0.6 is 0 Å². The lowest BCUT2D eigenvalue weighted by Crippen LogP contribution is -2.09. The zero-order chi connectivity index (χ0) is 15.4. The first-order chi connectivity index (χ1) is 9.99. The average Bonchev–Trinajstić information content (AvgIpc) is 2.44. The third kappa shape index (κ3) is 3.60. The lowest BCUT2D eigenvalue weighted by molar-refractivity contribution is 0.232. The molecule has 1 heterocycles. The van der Waals surface area contributed by atoms with E-state index in [4.69, 9.17) is 20.5 Å². The largest absolute Gasteiger partial charge is 0.473 e. The minimum atomic E-state index is -0.640. The summed E-state index contributed by atoms with van der Waals surface area (Å²) in [6, 6.07) is 8.86. The Balaban J connectivity index is 2.26. The summed E-state index contributed by atoms with van der Waals surface area (Å²) in [5.74, 6) is -0.277. The Morgan fingerprint density at radius 2 is 2.05 bits per heavy atom. The molecule has 0 atom stereocenters. The summed E-state index contributed by atoms with van der Waals surface area (Å²) in [5.41, 5.74) is 6.33. The van der Waals surface area contributed by atoms with Crippen LogP contribution in [0.15, 0.2) is 30.3 Å². The molecule has 0 fully saturated rings. The number of nitrogens with two attached hydrogens (primary N) is 1. The summed E-state index contributed by atoms with van der Waals surface area (Å²) in [6.07, 6.45) is -0.0956. The van der Waals surface area contributed by atoms with Gasteiger partial charge in [0.2, 0.25) is 11.8 Å². The van der Waals surface area contributed by atoms with Crippen LogP contribution in [0.1, 0.15) is 19.4 Å². The van der Waals surface area contributed by atoms with Crippen LogP contribution in [0.2, 0.25) is 0 Å². The van der Waals surface area contributed by atoms with E-state index in [1.165, 1.54) is 18.2 Å². The van der Waals surface area contributed by atoms with Crippen LogP contribution in [-0.2, 0) is 0 Å². The van der Waals surface area contributed by atoms with Gasteiger partial charge in [-0.15, -0.1) is 0 Å². The van der Waals surface area contributed by atoms with E-state index in [-0.39, 0.29) is 29.2 Å². The van der Waals surface area contributed by atoms with Crippen molar-refractivity contribution >= 4 is 5.69 Å². The van der Waals surface area contributed by atoms with Crippen LogP contribution in [0.25, 0.3) is 0 Å². The first kappa shape index (κ1) is 14.6. The van der Waals surface area contributed by atoms with Gasteiger partial charge in [0, 0.05) is 6.07 Å². The van der Waals surface area contributed by atoms with E-state index in [2.05, 4.69) is 4.98 Å². The molecule has 1 aromatic heterocycles. The first-order valence-electron chi connectivity index (χ1n) is 6.30. The molecule has 0 spiro atoms. The summed E-state index contributed by atoms with van der Waals surface area (Å²) >= 11 is 0. The fourth-order valence-electron chi connectivity index (χ4n) is 1.57. The van der Waals surface area contributed by atoms with Gasteiger partial charge in [0.05, 0.1) is 23.4 Å². The zero-order valence-electron chi connectivity index (χ0n) is 11.6. The Hall–Kier alpha value is -2.81. The molecule has 108 valence electrons. The molecule has 2 N–H and O–H groups in total. The topological polar surface area (TPSA) is 81.2 Å². The normalized spacial score (nSPS) is 10.2. The maximum Gasteiger partial charge on any atom is 0.240 e. The highest BCUT2D eigenvalue weighted by Gasteiger charge is 2.10. The van der Waals surface area contributed by atoms with E-state index in [9.17, 15) is 4.39 Å². The Bertz CT molecular complexity index is 696. The highest BCUT2D eigenvalue weighted by molar-refractivity contribution is 5.50. The molecule has 1 aromatic carbocycles. The first-order valence-corrected chi connectivity index (χ1v) is 6.30. The number of pyridine rings is 1. The summed E-state index contributed by atoms with van der Waals surface area (Å²) < 4.78 is 24.5. The number of halogens is 1. The number of hydrogen-bond donors (Lipinski definition) is 1. The molecule has 0 bridgehead atoms. The molecule has 0 saturated heterocycles. The molecule has 0 radical (unpaired) electrons. The maximum atomic E-state index is 13.8. The molecule has 0 unspecified atom stereocenters. The number of nitriles is 1. The van der Waals surface area contributed by atoms with Gasteiger partial charge in [-0.25, -0.2) is 4.39 Å². The Labute approximate surface area is 121 Å². The number of rotatable bonds is 4. The average molecular weight is 287 g/mol. The molecule has 6 heteroatoms. The number of nitrogens with zero attached hydrogens (tertiary/aromatic N) is 2. The second-order valence-electron chi connectivity index (χ2n) is 4.57. The predicted molar refractivity (Wildman–Crippen MR) is 75.6 cm³/mol. The van der Waals surface area contributed by atoms with Gasteiger partial charge >= 0.3 is 0 Å². The van der Waals surface area contributed by atoms with Crippen LogP contribution < -0.4 is 15.2 Å². The van der Waals surface area contributed by atoms with E-state index in [0.29, 0.717) is 5.69 Å². The van der Waals surface area contributed by atoms with E-state index >= 15 is 0 Å². The van der Waals surface area contributed by atoms with Gasteiger partial charge in [0.25, 0.3) is 0 Å². The molecule has 5 nitrogen and oxygen atoms in total. The highest BCUT2D eigenvalue weighted by Crippen LogP contribution is 2.28. The van der Waals surface area contributed by atoms with Gasteiger partial charge in [0.1, 0.15) is 0 Å². The lowest BCUT2D eigenvalue weighted by atomic mass is 10.2. The predicted octanol–water partition coefficient (Wildman–Crippen LogP) is 3.25. The van der Waals surface area contributed by atoms with Crippen molar-refractivity contribution in [1.29, 1.82) is 5.26 Å². The van der Waals surface area contributed by atoms with Crippen LogP contribution in [-0.4, -0.2) is 11.1 Å². The van der Waals surface area contributed by atoms with Crippen LogP contribution in [0, 0.1) is 17.1 Å². The molecule has 0 aliphatic rings. The molecule has 2 aromatic rings. The van der Waals surface area contributed by atoms with Crippen LogP contribution in [0.3, 0.4) is 0 Å². The highest BCUT2D eigenvalue weighted by atomic mass is 19.1. The standard InChI is InChI=1S/C15H14FN3O2/c1-9(2)20-15-12(18)4-6-14(19-15)21-13-5-3-10(8-17)7-11(13)16/h3-7,9H,18H2,1-2H3. The smallest absolute Gasteiger partial charge is 0.240 e. The van der Waals surface area contributed by atoms with E-state index in [1.54, 1.807) is 6.07 Å². The van der Waals surface area contributed by atoms with Crippen molar-refractivity contribution < 1.29 is 13.9 Å². The van der Waals surface area contributed by atoms with Crippen LogP contribution in [0.4, 0.5) is 10.1 Å². The second-order valence-corrected chi connectivity index (χ2v) is 4.57. The summed E-state index contributed by atoms with van der Waals surface area (Å²) in [5, 5.41) is 8.69. The Morgan fingerprint density at radius 1 is 1.29 bits per heavy atom. The van der Waals surface area contributed by atoms with E-state index < -0.39 is 5.82 Å². The van der Waals surface area contributed by atoms with E-state index in [0.717, 1.165) is 6.07 Å². The molecule has 0 amide bonds. The minimum Gasteiger partial charge on any atom is -0.473 e. The monoisotopic (exact) mass is 287 g/mol. The minimum absolute atomic E-state index is 0.0261. The molecule has 0 aliphatic heterocycles. The molecule has 0 saturated carbocycles. The fraction of sp³-hybridized carbons (Fsp3) is 0.200. The second kappa shape index (κ2) is 6.09. The summed E-state index contributed by atoms with van der Waals surface area (Å²) in [4.78, 5) is 4.09. The van der Waals surface area contributed by atoms with Gasteiger partial charge < -0.3 is 15.2 Å². The zero-order valence-corrected chi connectivity index (χ0v) is 11.6. The molecule has 21 heavy (non-hydrogen) atoms. The maximum absolute atomic E-state index is 13.8. The van der Waals surface area contributed by atoms with Crippen LogP contribution in [0.5, 0.6) is 17.5 Å². The number of anilines is 1. The van der Waals surface area contributed by atoms with Gasteiger partial charge in [-0.2, -0.15) is 10.2 Å². The quantitative estimate of drug-likeness (QED) is 0.933. The van der Waals surface area contributed by atoms with Gasteiger partial charge in [-0.1, -0.05) is 0 Å². The third-order valence-electron chi connectivity index (χ3n) is 2.49. The lowest BCUT2D eigenvalue weighted by Gasteiger charge is -2.12. The summed E-state index contributed by atoms with van der Waals surface area (Å²) in [6.45, 7) is 3.68.